The van der Waals surface area contributed by atoms with Gasteiger partial charge in [0.1, 0.15) is 30.7 Å². The number of carbonyl (C=O) groups is 2. The first-order valence-corrected chi connectivity index (χ1v) is 23.9. The van der Waals surface area contributed by atoms with Gasteiger partial charge in [0.15, 0.2) is 22.6 Å². The number of benzene rings is 1. The third-order valence-corrected chi connectivity index (χ3v) is 12.9. The molecule has 0 bridgehead atoms. The highest BCUT2D eigenvalue weighted by Crippen LogP contribution is 2.48. The second-order valence-electron chi connectivity index (χ2n) is 16.1. The Kier molecular flexibility index (Phi) is 20.9. The molecule has 1 aliphatic rings. The first-order chi connectivity index (χ1) is 29.5. The van der Waals surface area contributed by atoms with Gasteiger partial charge in [0.2, 0.25) is 0 Å². The number of esters is 2. The van der Waals surface area contributed by atoms with Crippen molar-refractivity contribution in [3.05, 3.63) is 42.7 Å². The van der Waals surface area contributed by atoms with Crippen molar-refractivity contribution >= 4 is 36.7 Å². The van der Waals surface area contributed by atoms with Gasteiger partial charge in [-0.25, -0.2) is 9.55 Å². The third-order valence-electron chi connectivity index (χ3n) is 11.3. The molecule has 0 aliphatic carbocycles. The Morgan fingerprint density at radius 1 is 0.984 bits per heavy atom. The number of halogens is 1. The number of ether oxygens (including phenoxy) is 3. The van der Waals surface area contributed by atoms with Gasteiger partial charge in [-0.15, -0.1) is 6.42 Å². The van der Waals surface area contributed by atoms with Crippen LogP contribution < -0.4 is 15.3 Å². The molecule has 0 saturated carbocycles. The van der Waals surface area contributed by atoms with Crippen LogP contribution in [-0.2, 0) is 32.9 Å². The molecule has 1 saturated heterocycles. The van der Waals surface area contributed by atoms with Crippen molar-refractivity contribution in [2.45, 2.75) is 174 Å². The van der Waals surface area contributed by atoms with E-state index in [1.807, 2.05) is 13.8 Å². The van der Waals surface area contributed by atoms with Crippen LogP contribution in [0.25, 0.3) is 11.2 Å². The highest BCUT2D eigenvalue weighted by Gasteiger charge is 2.53. The van der Waals surface area contributed by atoms with E-state index in [0.29, 0.717) is 6.42 Å². The zero-order valence-corrected chi connectivity index (χ0v) is 37.6. The highest BCUT2D eigenvalue weighted by atomic mass is 31.2. The van der Waals surface area contributed by atoms with Crippen LogP contribution in [0.1, 0.15) is 156 Å². The monoisotopic (exact) mass is 870 g/mol. The van der Waals surface area contributed by atoms with E-state index >= 15 is 0 Å². The number of para-hydroxylation sites is 1. The van der Waals surface area contributed by atoms with Gasteiger partial charge in [0, 0.05) is 12.8 Å². The number of terminal acetylenes is 1. The zero-order valence-electron chi connectivity index (χ0n) is 36.7. The van der Waals surface area contributed by atoms with E-state index < -0.39 is 56.3 Å². The number of hydrogen-bond donors (Lipinski definition) is 2. The number of nitrogens with two attached hydrogens (primary N) is 1. The highest BCUT2D eigenvalue weighted by molar-refractivity contribution is 7.52. The molecule has 338 valence electrons. The van der Waals surface area contributed by atoms with Crippen LogP contribution in [0.5, 0.6) is 5.75 Å². The van der Waals surface area contributed by atoms with Gasteiger partial charge in [-0.3, -0.25) is 18.7 Å². The van der Waals surface area contributed by atoms with E-state index in [1.165, 1.54) is 88.4 Å². The lowest BCUT2D eigenvalue weighted by atomic mass is 9.98. The second kappa shape index (κ2) is 25.8. The van der Waals surface area contributed by atoms with Gasteiger partial charge in [-0.05, 0) is 31.4 Å². The molecule has 3 N–H and O–H groups in total. The number of aromatic nitrogens is 4. The van der Waals surface area contributed by atoms with E-state index in [1.54, 1.807) is 30.3 Å². The summed E-state index contributed by atoms with van der Waals surface area (Å²) in [6, 6.07) is 7.15. The molecule has 5 atom stereocenters. The van der Waals surface area contributed by atoms with E-state index in [9.17, 15) is 18.5 Å². The number of nitrogens with one attached hydrogen (secondary N) is 1. The Hall–Kier alpha value is -4.09. The number of hydrogen-bond acceptors (Lipinski definition) is 12. The Bertz CT molecular complexity index is 1870. The molecule has 1 aromatic carbocycles. The summed E-state index contributed by atoms with van der Waals surface area (Å²) in [6.07, 6.45) is 24.1. The molecule has 1 fully saturated rings. The molecule has 2 aromatic heterocycles. The standard InChI is InChI=1S/C45H68FN6O8P/c1-6-10-11-12-13-14-15-16-17-18-19-20-21-22-26-29-39(53)58-37-30-38(52-33-48-40-41(47)49-44(46)50-42(40)52)59-45(37,9-4)32-57-61(55,60-36-27-24-23-25-28-36)51-34(5)43(54)56-31-35(7-2)8-3/h4,23-25,27-28,33-35,37-38H,6-8,10-22,26,29-32H2,1-3,5H3,(H,51,55)(H2,47,49,50)/t34-,37-,38+,45+,61-/m0/s1. The number of anilines is 1. The summed E-state index contributed by atoms with van der Waals surface area (Å²) in [7, 11) is -4.43. The zero-order chi connectivity index (χ0) is 44.1. The molecule has 3 aromatic rings. The van der Waals surface area contributed by atoms with Crippen LogP contribution in [0.15, 0.2) is 36.7 Å². The molecule has 16 heteroatoms. The van der Waals surface area contributed by atoms with Gasteiger partial charge in [0.05, 0.1) is 12.9 Å². The van der Waals surface area contributed by atoms with Crippen LogP contribution >= 0.6 is 7.75 Å². The first kappa shape index (κ1) is 49.6. The lowest BCUT2D eigenvalue weighted by molar-refractivity contribution is -0.158. The van der Waals surface area contributed by atoms with Gasteiger partial charge in [-0.2, -0.15) is 19.4 Å². The fraction of sp³-hybridized carbons (Fsp3) is 0.667. The number of carbonyl (C=O) groups excluding carboxylic acids is 2. The smallest absolute Gasteiger partial charge is 0.459 e. The van der Waals surface area contributed by atoms with Crippen molar-refractivity contribution in [2.24, 2.45) is 5.92 Å². The van der Waals surface area contributed by atoms with Crippen LogP contribution in [0, 0.1) is 24.3 Å². The molecular weight excluding hydrogens is 803 g/mol. The quantitative estimate of drug-likeness (QED) is 0.0213. The Morgan fingerprint density at radius 3 is 2.18 bits per heavy atom. The minimum Gasteiger partial charge on any atom is -0.464 e. The first-order valence-electron chi connectivity index (χ1n) is 22.4. The molecule has 14 nitrogen and oxygen atoms in total. The van der Waals surface area contributed by atoms with Crippen molar-refractivity contribution in [1.29, 1.82) is 0 Å². The number of fused-ring (bicyclic) bond motifs is 1. The number of imidazole rings is 1. The van der Waals surface area contributed by atoms with Crippen LogP contribution in [0.3, 0.4) is 0 Å². The van der Waals surface area contributed by atoms with Gasteiger partial charge in [0.25, 0.3) is 0 Å². The third kappa shape index (κ3) is 15.6. The topological polar surface area (TPSA) is 179 Å². The number of nitrogen functional groups attached to an aromatic ring is 1. The average molecular weight is 871 g/mol. The molecule has 0 amide bonds. The van der Waals surface area contributed by atoms with Gasteiger partial charge >= 0.3 is 25.8 Å². The van der Waals surface area contributed by atoms with Crippen LogP contribution in [0.4, 0.5) is 10.2 Å². The fourth-order valence-electron chi connectivity index (χ4n) is 7.36. The van der Waals surface area contributed by atoms with Crippen molar-refractivity contribution < 1.29 is 41.8 Å². The maximum absolute atomic E-state index is 14.5. The Balaban J connectivity index is 1.41. The lowest BCUT2D eigenvalue weighted by Crippen LogP contribution is -2.45. The summed E-state index contributed by atoms with van der Waals surface area (Å²) in [5, 5.41) is 2.69. The molecule has 4 rings (SSSR count). The summed E-state index contributed by atoms with van der Waals surface area (Å²) in [4.78, 5) is 38.1. The molecular formula is C45H68FN6O8P. The second-order valence-corrected chi connectivity index (χ2v) is 17.8. The van der Waals surface area contributed by atoms with Crippen molar-refractivity contribution in [1.82, 2.24) is 24.6 Å². The maximum atomic E-state index is 14.5. The van der Waals surface area contributed by atoms with Gasteiger partial charge < -0.3 is 24.5 Å². The molecule has 61 heavy (non-hydrogen) atoms. The Morgan fingerprint density at radius 2 is 1.59 bits per heavy atom. The van der Waals surface area contributed by atoms with E-state index in [0.717, 1.165) is 32.1 Å². The molecule has 1 aliphatic heterocycles. The van der Waals surface area contributed by atoms with Crippen LogP contribution in [0.2, 0.25) is 0 Å². The van der Waals surface area contributed by atoms with E-state index in [4.69, 9.17) is 35.4 Å². The number of nitrogens with zero attached hydrogens (tertiary/aromatic N) is 4. The van der Waals surface area contributed by atoms with E-state index in [2.05, 4.69) is 32.9 Å². The number of unbranched alkanes of at least 4 members (excludes halogenated alkanes) is 14. The normalized spacial score (nSPS) is 19.1. The van der Waals surface area contributed by atoms with Crippen LogP contribution in [-0.4, -0.2) is 62.4 Å². The number of rotatable bonds is 30. The van der Waals surface area contributed by atoms with E-state index in [-0.39, 0.29) is 48.1 Å². The molecule has 0 spiro atoms. The minimum absolute atomic E-state index is 0.0226. The van der Waals surface area contributed by atoms with Crippen molar-refractivity contribution in [3.8, 4) is 18.1 Å². The van der Waals surface area contributed by atoms with Gasteiger partial charge in [-0.1, -0.05) is 148 Å². The summed E-state index contributed by atoms with van der Waals surface area (Å²) < 4.78 is 60.2. The summed E-state index contributed by atoms with van der Waals surface area (Å²) in [5.41, 5.74) is 4.26. The summed E-state index contributed by atoms with van der Waals surface area (Å²) >= 11 is 0. The molecule has 0 unspecified atom stereocenters. The lowest BCUT2D eigenvalue weighted by Gasteiger charge is -2.31. The predicted molar refractivity (Wildman–Crippen MR) is 234 cm³/mol. The SMILES string of the molecule is C#C[C@]1(CO[P@@](=O)(N[C@@H](C)C(=O)OCC(CC)CC)Oc2ccccc2)O[C@@H](n2cnc3c(N)nc(F)nc32)C[C@@H]1OC(=O)CCCCCCCCCCCCCCCCC. The maximum Gasteiger partial charge on any atom is 0.459 e. The predicted octanol–water partition coefficient (Wildman–Crippen LogP) is 10.2. The average Bonchev–Trinajstić information content (AvgIpc) is 3.83. The molecule has 3 heterocycles. The minimum atomic E-state index is -4.43. The fourth-order valence-corrected chi connectivity index (χ4v) is 8.88. The van der Waals surface area contributed by atoms with Crippen molar-refractivity contribution in [3.63, 3.8) is 0 Å². The van der Waals surface area contributed by atoms with Crippen molar-refractivity contribution in [2.75, 3.05) is 18.9 Å². The Labute approximate surface area is 361 Å². The largest absolute Gasteiger partial charge is 0.464 e. The summed E-state index contributed by atoms with van der Waals surface area (Å²) in [6.45, 7) is 7.35. The summed E-state index contributed by atoms with van der Waals surface area (Å²) in [5.74, 6) is 1.64. The molecule has 0 radical (unpaired) electrons.